The minimum absolute atomic E-state index is 0.588. The molecule has 0 aliphatic heterocycles. The molecule has 0 fully saturated rings. The molecule has 0 amide bonds. The second-order valence-electron chi connectivity index (χ2n) is 6.49. The van der Waals surface area contributed by atoms with Gasteiger partial charge in [0.1, 0.15) is 12.3 Å². The maximum Gasteiger partial charge on any atom is 0.203 e. The molecule has 0 spiro atoms. The van der Waals surface area contributed by atoms with Crippen molar-refractivity contribution < 1.29 is 9.64 Å². The van der Waals surface area contributed by atoms with Crippen molar-refractivity contribution in [1.29, 1.82) is 0 Å². The van der Waals surface area contributed by atoms with Gasteiger partial charge in [-0.2, -0.15) is 4.68 Å². The largest absolute Gasteiger partial charge is 0.496 e. The number of ether oxygens (including phenoxy) is 1. The van der Waals surface area contributed by atoms with Gasteiger partial charge in [-0.05, 0) is 42.5 Å². The minimum Gasteiger partial charge on any atom is -0.496 e. The third-order valence-corrected chi connectivity index (χ3v) is 4.97. The predicted molar refractivity (Wildman–Crippen MR) is 113 cm³/mol. The minimum atomic E-state index is 0.588. The van der Waals surface area contributed by atoms with Crippen LogP contribution >= 0.6 is 23.8 Å². The molecule has 0 saturated heterocycles. The molecule has 0 aliphatic rings. The van der Waals surface area contributed by atoms with Crippen molar-refractivity contribution in [2.75, 3.05) is 14.2 Å². The molecule has 1 aromatic carbocycles. The molecule has 1 unspecified atom stereocenters. The Morgan fingerprint density at radius 3 is 2.86 bits per heavy atom. The van der Waals surface area contributed by atoms with Crippen LogP contribution in [0.5, 0.6) is 5.75 Å². The van der Waals surface area contributed by atoms with E-state index in [-0.39, 0.29) is 0 Å². The van der Waals surface area contributed by atoms with Gasteiger partial charge in [-0.3, -0.25) is 9.55 Å². The highest BCUT2D eigenvalue weighted by Crippen LogP contribution is 2.22. The maximum absolute atomic E-state index is 6.15. The van der Waals surface area contributed by atoms with Crippen LogP contribution in [0.15, 0.2) is 55.4 Å². The fraction of sp³-hybridized carbons (Fsp3) is 0.250. The number of hydrogen-bond acceptors (Lipinski definition) is 4. The molecular weight excluding hydrogens is 394 g/mol. The van der Waals surface area contributed by atoms with E-state index in [1.165, 1.54) is 4.90 Å². The normalized spacial score (nSPS) is 12.0. The molecule has 2 heterocycles. The standard InChI is InChI=1S/C20H22ClN5OS/c1-4-10-25-19(15-6-5-9-22-12-15)23-26(20(25)28)14-24(2)13-16-11-17(21)7-8-18(16)27-3/h4-9,11-12H,1,10,13-14H2,2-3H3/p+1. The van der Waals surface area contributed by atoms with Crippen LogP contribution in [0.25, 0.3) is 11.4 Å². The lowest BCUT2D eigenvalue weighted by Gasteiger charge is -2.16. The Labute approximate surface area is 174 Å². The van der Waals surface area contributed by atoms with Gasteiger partial charge in [0.15, 0.2) is 12.5 Å². The monoisotopic (exact) mass is 416 g/mol. The van der Waals surface area contributed by atoms with Crippen molar-refractivity contribution in [2.24, 2.45) is 0 Å². The fourth-order valence-electron chi connectivity index (χ4n) is 3.07. The molecule has 2 aromatic heterocycles. The van der Waals surface area contributed by atoms with E-state index in [0.717, 1.165) is 29.2 Å². The zero-order valence-corrected chi connectivity index (χ0v) is 17.5. The topological polar surface area (TPSA) is 49.3 Å². The number of rotatable bonds is 8. The molecule has 28 heavy (non-hydrogen) atoms. The molecule has 1 N–H and O–H groups in total. The van der Waals surface area contributed by atoms with Crippen LogP contribution in [0.3, 0.4) is 0 Å². The summed E-state index contributed by atoms with van der Waals surface area (Å²) in [6, 6.07) is 9.50. The molecule has 0 saturated carbocycles. The molecule has 0 radical (unpaired) electrons. The summed E-state index contributed by atoms with van der Waals surface area (Å²) in [6.07, 6.45) is 5.34. The number of allylic oxidation sites excluding steroid dienone is 1. The lowest BCUT2D eigenvalue weighted by atomic mass is 10.2. The van der Waals surface area contributed by atoms with Crippen LogP contribution in [0.4, 0.5) is 0 Å². The summed E-state index contributed by atoms with van der Waals surface area (Å²) in [5.41, 5.74) is 1.96. The van der Waals surface area contributed by atoms with Crippen LogP contribution < -0.4 is 9.64 Å². The molecule has 0 bridgehead atoms. The number of pyridine rings is 1. The number of halogens is 1. The highest BCUT2D eigenvalue weighted by molar-refractivity contribution is 7.71. The van der Waals surface area contributed by atoms with Crippen molar-refractivity contribution in [3.05, 3.63) is 70.7 Å². The van der Waals surface area contributed by atoms with E-state index in [4.69, 9.17) is 33.7 Å². The Hall–Kier alpha value is -2.48. The number of benzene rings is 1. The summed E-state index contributed by atoms with van der Waals surface area (Å²) >= 11 is 11.8. The zero-order chi connectivity index (χ0) is 20.1. The molecule has 8 heteroatoms. The molecule has 0 aliphatic carbocycles. The molecule has 146 valence electrons. The van der Waals surface area contributed by atoms with E-state index in [1.807, 2.05) is 45.7 Å². The average Bonchev–Trinajstić information content (AvgIpc) is 2.99. The summed E-state index contributed by atoms with van der Waals surface area (Å²) in [6.45, 7) is 5.75. The molecular formula is C20H23ClN5OS+. The smallest absolute Gasteiger partial charge is 0.203 e. The van der Waals surface area contributed by atoms with Gasteiger partial charge in [-0.15, -0.1) is 11.7 Å². The Morgan fingerprint density at radius 1 is 1.36 bits per heavy atom. The van der Waals surface area contributed by atoms with Gasteiger partial charge in [-0.25, -0.2) is 0 Å². The van der Waals surface area contributed by atoms with Crippen LogP contribution in [-0.4, -0.2) is 33.5 Å². The van der Waals surface area contributed by atoms with E-state index in [0.29, 0.717) is 23.0 Å². The third kappa shape index (κ3) is 4.49. The Bertz CT molecular complexity index is 1020. The quantitative estimate of drug-likeness (QED) is 0.453. The summed E-state index contributed by atoms with van der Waals surface area (Å²) in [5, 5.41) is 5.44. The average molecular weight is 417 g/mol. The van der Waals surface area contributed by atoms with Gasteiger partial charge >= 0.3 is 0 Å². The lowest BCUT2D eigenvalue weighted by Crippen LogP contribution is -3.07. The van der Waals surface area contributed by atoms with Crippen LogP contribution in [-0.2, 0) is 19.8 Å². The molecule has 6 nitrogen and oxygen atoms in total. The summed E-state index contributed by atoms with van der Waals surface area (Å²) in [4.78, 5) is 5.38. The highest BCUT2D eigenvalue weighted by atomic mass is 35.5. The molecule has 1 atom stereocenters. The highest BCUT2D eigenvalue weighted by Gasteiger charge is 2.16. The molecule has 3 rings (SSSR count). The van der Waals surface area contributed by atoms with Gasteiger partial charge in [0.2, 0.25) is 4.77 Å². The number of aromatic nitrogens is 4. The van der Waals surface area contributed by atoms with E-state index in [9.17, 15) is 0 Å². The van der Waals surface area contributed by atoms with Crippen LogP contribution in [0.1, 0.15) is 5.56 Å². The van der Waals surface area contributed by atoms with Crippen molar-refractivity contribution in [3.8, 4) is 17.1 Å². The SMILES string of the molecule is C=CCn1c(-c2cccnc2)nn(C[NH+](C)Cc2cc(Cl)ccc2OC)c1=S. The second-order valence-corrected chi connectivity index (χ2v) is 7.30. The second kappa shape index (κ2) is 9.14. The first-order valence-electron chi connectivity index (χ1n) is 8.86. The number of hydrogen-bond donors (Lipinski definition) is 1. The van der Waals surface area contributed by atoms with Gasteiger partial charge < -0.3 is 9.64 Å². The first kappa shape index (κ1) is 20.3. The van der Waals surface area contributed by atoms with Crippen molar-refractivity contribution in [2.45, 2.75) is 19.8 Å². The van der Waals surface area contributed by atoms with E-state index < -0.39 is 0 Å². The number of nitrogens with zero attached hydrogens (tertiary/aromatic N) is 4. The number of methoxy groups -OCH3 is 1. The van der Waals surface area contributed by atoms with E-state index in [1.54, 1.807) is 19.5 Å². The Balaban J connectivity index is 1.87. The summed E-state index contributed by atoms with van der Waals surface area (Å²) in [5.74, 6) is 1.60. The Kier molecular flexibility index (Phi) is 6.61. The van der Waals surface area contributed by atoms with Crippen LogP contribution in [0, 0.1) is 4.77 Å². The molecule has 3 aromatic rings. The first-order chi connectivity index (χ1) is 13.5. The van der Waals surface area contributed by atoms with Crippen molar-refractivity contribution in [3.63, 3.8) is 0 Å². The van der Waals surface area contributed by atoms with Gasteiger partial charge in [-0.1, -0.05) is 17.7 Å². The van der Waals surface area contributed by atoms with Crippen molar-refractivity contribution in [1.82, 2.24) is 19.3 Å². The first-order valence-corrected chi connectivity index (χ1v) is 9.64. The van der Waals surface area contributed by atoms with Gasteiger partial charge in [0, 0.05) is 35.1 Å². The third-order valence-electron chi connectivity index (χ3n) is 4.31. The number of quaternary nitrogens is 1. The van der Waals surface area contributed by atoms with Crippen LogP contribution in [0.2, 0.25) is 5.02 Å². The summed E-state index contributed by atoms with van der Waals surface area (Å²) < 4.78 is 9.91. The van der Waals surface area contributed by atoms with E-state index >= 15 is 0 Å². The Morgan fingerprint density at radius 2 is 2.18 bits per heavy atom. The van der Waals surface area contributed by atoms with Crippen molar-refractivity contribution >= 4 is 23.8 Å². The van der Waals surface area contributed by atoms with Gasteiger partial charge in [0.25, 0.3) is 0 Å². The van der Waals surface area contributed by atoms with E-state index in [2.05, 4.69) is 18.6 Å². The number of nitrogens with one attached hydrogen (secondary N) is 1. The maximum atomic E-state index is 6.15. The fourth-order valence-corrected chi connectivity index (χ4v) is 3.53. The predicted octanol–water partition coefficient (Wildman–Crippen LogP) is 3.00. The lowest BCUT2D eigenvalue weighted by molar-refractivity contribution is -0.917. The zero-order valence-electron chi connectivity index (χ0n) is 15.9. The summed E-state index contributed by atoms with van der Waals surface area (Å²) in [7, 11) is 3.74. The van der Waals surface area contributed by atoms with Gasteiger partial charge in [0.05, 0.1) is 14.2 Å².